The summed E-state index contributed by atoms with van der Waals surface area (Å²) >= 11 is 0. The van der Waals surface area contributed by atoms with E-state index in [0.29, 0.717) is 11.6 Å². The van der Waals surface area contributed by atoms with Crippen LogP contribution in [0.3, 0.4) is 0 Å². The van der Waals surface area contributed by atoms with Gasteiger partial charge in [0.25, 0.3) is 0 Å². The van der Waals surface area contributed by atoms with Gasteiger partial charge in [0, 0.05) is 19.3 Å². The van der Waals surface area contributed by atoms with Gasteiger partial charge in [-0.3, -0.25) is 0 Å². The molecule has 2 heterocycles. The molecule has 0 aromatic carbocycles. The van der Waals surface area contributed by atoms with Crippen molar-refractivity contribution in [2.45, 2.75) is 19.3 Å². The van der Waals surface area contributed by atoms with E-state index in [9.17, 15) is 0 Å². The third kappa shape index (κ3) is 3.17. The van der Waals surface area contributed by atoms with E-state index in [4.69, 9.17) is 5.26 Å². The number of hydrogen-bond donors (Lipinski definition) is 1. The quantitative estimate of drug-likeness (QED) is 0.862. The molecule has 0 saturated carbocycles. The molecule has 1 aromatic rings. The SMILES string of the molecule is CNCCC1CCN(c2nccc(C#N)n2)CC1. The molecular weight excluding hydrogens is 226 g/mol. The maximum atomic E-state index is 8.83. The number of piperidine rings is 1. The lowest BCUT2D eigenvalue weighted by Crippen LogP contribution is -2.35. The molecule has 1 aromatic heterocycles. The summed E-state index contributed by atoms with van der Waals surface area (Å²) in [5.41, 5.74) is 0.442. The standard InChI is InChI=1S/C13H19N5/c1-15-6-2-11-4-8-18(9-5-11)13-16-7-3-12(10-14)17-13/h3,7,11,15H,2,4-6,8-9H2,1H3. The van der Waals surface area contributed by atoms with Crippen molar-refractivity contribution in [3.63, 3.8) is 0 Å². The van der Waals surface area contributed by atoms with Crippen molar-refractivity contribution in [3.8, 4) is 6.07 Å². The van der Waals surface area contributed by atoms with Crippen molar-refractivity contribution in [1.29, 1.82) is 5.26 Å². The normalized spacial score (nSPS) is 16.6. The number of nitriles is 1. The molecule has 0 radical (unpaired) electrons. The summed E-state index contributed by atoms with van der Waals surface area (Å²) in [7, 11) is 2.00. The van der Waals surface area contributed by atoms with E-state index in [1.807, 2.05) is 7.05 Å². The lowest BCUT2D eigenvalue weighted by atomic mass is 9.94. The summed E-state index contributed by atoms with van der Waals surface area (Å²) in [4.78, 5) is 10.7. The van der Waals surface area contributed by atoms with E-state index in [2.05, 4.69) is 26.3 Å². The van der Waals surface area contributed by atoms with E-state index < -0.39 is 0 Å². The van der Waals surface area contributed by atoms with Crippen molar-refractivity contribution in [2.24, 2.45) is 5.92 Å². The third-order valence-corrected chi connectivity index (χ3v) is 3.46. The van der Waals surface area contributed by atoms with Crippen LogP contribution >= 0.6 is 0 Å². The summed E-state index contributed by atoms with van der Waals surface area (Å²) in [6.07, 6.45) is 5.26. The Bertz CT molecular complexity index is 418. The van der Waals surface area contributed by atoms with Gasteiger partial charge in [0.05, 0.1) is 0 Å². The first-order valence-electron chi connectivity index (χ1n) is 6.46. The van der Waals surface area contributed by atoms with Crippen LogP contribution in [0.25, 0.3) is 0 Å². The fourth-order valence-electron chi connectivity index (χ4n) is 2.33. The van der Waals surface area contributed by atoms with Crippen LogP contribution in [-0.2, 0) is 0 Å². The molecule has 0 bridgehead atoms. The highest BCUT2D eigenvalue weighted by atomic mass is 15.2. The summed E-state index contributed by atoms with van der Waals surface area (Å²) in [5, 5.41) is 12.0. The van der Waals surface area contributed by atoms with Crippen molar-refractivity contribution >= 4 is 5.95 Å². The molecule has 0 spiro atoms. The summed E-state index contributed by atoms with van der Waals surface area (Å²) < 4.78 is 0. The van der Waals surface area contributed by atoms with Gasteiger partial charge in [-0.05, 0) is 44.8 Å². The van der Waals surface area contributed by atoms with E-state index in [-0.39, 0.29) is 0 Å². The first-order valence-corrected chi connectivity index (χ1v) is 6.46. The fraction of sp³-hybridized carbons (Fsp3) is 0.615. The Labute approximate surface area is 108 Å². The van der Waals surface area contributed by atoms with Gasteiger partial charge in [-0.15, -0.1) is 0 Å². The molecule has 1 fully saturated rings. The second-order valence-corrected chi connectivity index (χ2v) is 4.68. The molecule has 96 valence electrons. The number of anilines is 1. The molecule has 0 amide bonds. The summed E-state index contributed by atoms with van der Waals surface area (Å²) in [6, 6.07) is 3.70. The number of hydrogen-bond acceptors (Lipinski definition) is 5. The molecule has 1 aliphatic heterocycles. The van der Waals surface area contributed by atoms with E-state index in [1.54, 1.807) is 12.3 Å². The minimum absolute atomic E-state index is 0.442. The van der Waals surface area contributed by atoms with Gasteiger partial charge in [-0.2, -0.15) is 5.26 Å². The first kappa shape index (κ1) is 12.8. The highest BCUT2D eigenvalue weighted by Crippen LogP contribution is 2.22. The monoisotopic (exact) mass is 245 g/mol. The Morgan fingerprint density at radius 2 is 2.28 bits per heavy atom. The third-order valence-electron chi connectivity index (χ3n) is 3.46. The Morgan fingerprint density at radius 1 is 1.50 bits per heavy atom. The van der Waals surface area contributed by atoms with E-state index in [1.165, 1.54) is 19.3 Å². The Hall–Kier alpha value is -1.67. The molecule has 1 N–H and O–H groups in total. The van der Waals surface area contributed by atoms with Gasteiger partial charge in [0.15, 0.2) is 0 Å². The van der Waals surface area contributed by atoms with Crippen LogP contribution in [0.1, 0.15) is 25.0 Å². The van der Waals surface area contributed by atoms with Gasteiger partial charge in [-0.25, -0.2) is 9.97 Å². The summed E-state index contributed by atoms with van der Waals surface area (Å²) in [5.74, 6) is 1.49. The van der Waals surface area contributed by atoms with Crippen LogP contribution in [0.2, 0.25) is 0 Å². The Balaban J connectivity index is 1.91. The van der Waals surface area contributed by atoms with Crippen LogP contribution < -0.4 is 10.2 Å². The molecule has 5 heteroatoms. The topological polar surface area (TPSA) is 64.8 Å². The van der Waals surface area contributed by atoms with Crippen LogP contribution in [0.5, 0.6) is 0 Å². The average molecular weight is 245 g/mol. The van der Waals surface area contributed by atoms with Gasteiger partial charge < -0.3 is 10.2 Å². The zero-order valence-corrected chi connectivity index (χ0v) is 10.8. The molecule has 0 atom stereocenters. The average Bonchev–Trinajstić information content (AvgIpc) is 2.46. The van der Waals surface area contributed by atoms with Crippen molar-refractivity contribution in [1.82, 2.24) is 15.3 Å². The van der Waals surface area contributed by atoms with E-state index >= 15 is 0 Å². The second kappa shape index (κ2) is 6.31. The van der Waals surface area contributed by atoms with Crippen molar-refractivity contribution in [3.05, 3.63) is 18.0 Å². The van der Waals surface area contributed by atoms with Crippen molar-refractivity contribution in [2.75, 3.05) is 31.6 Å². The largest absolute Gasteiger partial charge is 0.341 e. The van der Waals surface area contributed by atoms with Crippen LogP contribution in [0.4, 0.5) is 5.95 Å². The first-order chi connectivity index (χ1) is 8.83. The lowest BCUT2D eigenvalue weighted by molar-refractivity contribution is 0.375. The maximum absolute atomic E-state index is 8.83. The number of nitrogens with one attached hydrogen (secondary N) is 1. The Morgan fingerprint density at radius 3 is 2.94 bits per heavy atom. The van der Waals surface area contributed by atoms with Crippen LogP contribution in [0, 0.1) is 17.2 Å². The second-order valence-electron chi connectivity index (χ2n) is 4.68. The fourth-order valence-corrected chi connectivity index (χ4v) is 2.33. The number of nitrogens with zero attached hydrogens (tertiary/aromatic N) is 4. The zero-order valence-electron chi connectivity index (χ0n) is 10.8. The minimum Gasteiger partial charge on any atom is -0.341 e. The molecule has 2 rings (SSSR count). The predicted molar refractivity (Wildman–Crippen MR) is 70.2 cm³/mol. The predicted octanol–water partition coefficient (Wildman–Crippen LogP) is 1.17. The van der Waals surface area contributed by atoms with Gasteiger partial charge in [0.2, 0.25) is 5.95 Å². The van der Waals surface area contributed by atoms with Crippen molar-refractivity contribution < 1.29 is 0 Å². The lowest BCUT2D eigenvalue weighted by Gasteiger charge is -2.31. The molecule has 0 aliphatic carbocycles. The molecule has 5 nitrogen and oxygen atoms in total. The number of aromatic nitrogens is 2. The number of rotatable bonds is 4. The molecule has 18 heavy (non-hydrogen) atoms. The van der Waals surface area contributed by atoms with Gasteiger partial charge >= 0.3 is 0 Å². The highest BCUT2D eigenvalue weighted by molar-refractivity contribution is 5.33. The molecule has 1 saturated heterocycles. The Kier molecular flexibility index (Phi) is 4.48. The van der Waals surface area contributed by atoms with Crippen LogP contribution in [-0.4, -0.2) is 36.6 Å². The maximum Gasteiger partial charge on any atom is 0.226 e. The molecule has 0 unspecified atom stereocenters. The van der Waals surface area contributed by atoms with Crippen LogP contribution in [0.15, 0.2) is 12.3 Å². The van der Waals surface area contributed by atoms with Gasteiger partial charge in [0.1, 0.15) is 11.8 Å². The molecule has 1 aliphatic rings. The highest BCUT2D eigenvalue weighted by Gasteiger charge is 2.20. The smallest absolute Gasteiger partial charge is 0.226 e. The summed E-state index contributed by atoms with van der Waals surface area (Å²) in [6.45, 7) is 3.07. The van der Waals surface area contributed by atoms with Gasteiger partial charge in [-0.1, -0.05) is 0 Å². The molecular formula is C13H19N5. The van der Waals surface area contributed by atoms with E-state index in [0.717, 1.165) is 25.6 Å². The minimum atomic E-state index is 0.442. The zero-order chi connectivity index (χ0) is 12.8.